The largest absolute Gasteiger partial charge is 0.352 e. The second-order valence-electron chi connectivity index (χ2n) is 7.60. The third-order valence-corrected chi connectivity index (χ3v) is 6.03. The van der Waals surface area contributed by atoms with Crippen LogP contribution in [-0.2, 0) is 32.5 Å². The molecule has 0 unspecified atom stereocenters. The van der Waals surface area contributed by atoms with Crippen LogP contribution in [0.15, 0.2) is 23.2 Å². The Balaban J connectivity index is 1.60. The lowest BCUT2D eigenvalue weighted by molar-refractivity contribution is 0.392. The van der Waals surface area contributed by atoms with Crippen LogP contribution < -0.4 is 5.32 Å². The number of halogens is 1. The molecule has 28 heavy (non-hydrogen) atoms. The highest BCUT2D eigenvalue weighted by atomic mass is 32.1. The predicted molar refractivity (Wildman–Crippen MR) is 114 cm³/mol. The van der Waals surface area contributed by atoms with Crippen molar-refractivity contribution in [1.29, 1.82) is 0 Å². The number of aliphatic imine (C=N–C) groups is 1. The Hall–Kier alpha value is -1.99. The van der Waals surface area contributed by atoms with E-state index in [1.165, 1.54) is 29.8 Å². The average molecular weight is 404 g/mol. The Morgan fingerprint density at radius 3 is 2.71 bits per heavy atom. The van der Waals surface area contributed by atoms with E-state index < -0.39 is 0 Å². The summed E-state index contributed by atoms with van der Waals surface area (Å²) < 4.78 is 14.0. The molecule has 3 rings (SSSR count). The standard InChI is InChI=1S/C21H30FN5S/c1-23-21(24-12-15-9-10-17(22)16(11-15)13-26(2)3)27(4)14-20-25-18-7-5-6-8-19(18)28-20/h9-11H,5-8,12-14H2,1-4H3,(H,23,24). The molecule has 1 aromatic carbocycles. The van der Waals surface area contributed by atoms with E-state index in [0.29, 0.717) is 18.7 Å². The molecule has 0 aliphatic heterocycles. The van der Waals surface area contributed by atoms with Gasteiger partial charge in [-0.1, -0.05) is 6.07 Å². The normalized spacial score (nSPS) is 14.3. The van der Waals surface area contributed by atoms with Crippen molar-refractivity contribution in [2.24, 2.45) is 4.99 Å². The molecule has 1 N–H and O–H groups in total. The van der Waals surface area contributed by atoms with Gasteiger partial charge in [0.05, 0.1) is 12.2 Å². The molecular weight excluding hydrogens is 373 g/mol. The van der Waals surface area contributed by atoms with Crippen molar-refractivity contribution in [1.82, 2.24) is 20.1 Å². The fraction of sp³-hybridized carbons (Fsp3) is 0.524. The van der Waals surface area contributed by atoms with Crippen molar-refractivity contribution in [3.05, 3.63) is 50.7 Å². The first-order valence-electron chi connectivity index (χ1n) is 9.77. The van der Waals surface area contributed by atoms with Crippen LogP contribution in [0.3, 0.4) is 0 Å². The Morgan fingerprint density at radius 1 is 1.21 bits per heavy atom. The fourth-order valence-corrected chi connectivity index (χ4v) is 4.73. The van der Waals surface area contributed by atoms with Gasteiger partial charge in [-0.3, -0.25) is 4.99 Å². The van der Waals surface area contributed by atoms with Crippen LogP contribution in [-0.4, -0.2) is 48.9 Å². The highest BCUT2D eigenvalue weighted by molar-refractivity contribution is 7.11. The second-order valence-corrected chi connectivity index (χ2v) is 8.77. The zero-order valence-corrected chi connectivity index (χ0v) is 18.1. The van der Waals surface area contributed by atoms with Gasteiger partial charge in [-0.05, 0) is 57.5 Å². The van der Waals surface area contributed by atoms with Crippen molar-refractivity contribution in [2.45, 2.75) is 45.3 Å². The quantitative estimate of drug-likeness (QED) is 0.593. The van der Waals surface area contributed by atoms with E-state index in [1.54, 1.807) is 13.1 Å². The molecule has 0 amide bonds. The van der Waals surface area contributed by atoms with Gasteiger partial charge >= 0.3 is 0 Å². The van der Waals surface area contributed by atoms with Crippen molar-refractivity contribution in [3.8, 4) is 0 Å². The minimum Gasteiger partial charge on any atom is -0.352 e. The first kappa shape index (κ1) is 20.7. The van der Waals surface area contributed by atoms with Crippen molar-refractivity contribution in [3.63, 3.8) is 0 Å². The third kappa shape index (κ3) is 5.29. The number of nitrogens with one attached hydrogen (secondary N) is 1. The summed E-state index contributed by atoms with van der Waals surface area (Å²) in [5, 5.41) is 4.53. The van der Waals surface area contributed by atoms with E-state index in [2.05, 4.69) is 15.2 Å². The summed E-state index contributed by atoms with van der Waals surface area (Å²) in [6, 6.07) is 5.29. The Morgan fingerprint density at radius 2 is 2.00 bits per heavy atom. The number of aromatic nitrogens is 1. The molecule has 2 aromatic rings. The molecule has 0 radical (unpaired) electrons. The van der Waals surface area contributed by atoms with Gasteiger partial charge in [0, 0.05) is 37.6 Å². The Kier molecular flexibility index (Phi) is 7.02. The summed E-state index contributed by atoms with van der Waals surface area (Å²) in [6.45, 7) is 1.93. The minimum absolute atomic E-state index is 0.160. The Labute approximate surface area is 171 Å². The summed E-state index contributed by atoms with van der Waals surface area (Å²) in [5.74, 6) is 0.651. The lowest BCUT2D eigenvalue weighted by Crippen LogP contribution is -2.38. The number of rotatable bonds is 6. The van der Waals surface area contributed by atoms with E-state index >= 15 is 0 Å². The van der Waals surface area contributed by atoms with Gasteiger partial charge < -0.3 is 15.1 Å². The molecule has 0 bridgehead atoms. The third-order valence-electron chi connectivity index (χ3n) is 4.88. The van der Waals surface area contributed by atoms with Gasteiger partial charge in [0.2, 0.25) is 0 Å². The summed E-state index contributed by atoms with van der Waals surface area (Å²) in [5.41, 5.74) is 3.04. The van der Waals surface area contributed by atoms with Crippen LogP contribution in [0.25, 0.3) is 0 Å². The first-order valence-corrected chi connectivity index (χ1v) is 10.6. The predicted octanol–water partition coefficient (Wildman–Crippen LogP) is 3.43. The molecule has 1 aromatic heterocycles. The van der Waals surface area contributed by atoms with Gasteiger partial charge in [-0.15, -0.1) is 11.3 Å². The lowest BCUT2D eigenvalue weighted by atomic mass is 10.0. The van der Waals surface area contributed by atoms with E-state index in [1.807, 2.05) is 49.5 Å². The smallest absolute Gasteiger partial charge is 0.194 e. The summed E-state index contributed by atoms with van der Waals surface area (Å²) in [4.78, 5) is 14.7. The number of fused-ring (bicyclic) bond motifs is 1. The molecular formula is C21H30FN5S. The molecule has 0 spiro atoms. The van der Waals surface area contributed by atoms with E-state index in [9.17, 15) is 4.39 Å². The maximum absolute atomic E-state index is 14.0. The highest BCUT2D eigenvalue weighted by Gasteiger charge is 2.17. The van der Waals surface area contributed by atoms with Gasteiger partial charge in [-0.2, -0.15) is 0 Å². The number of benzene rings is 1. The lowest BCUT2D eigenvalue weighted by Gasteiger charge is -2.21. The van der Waals surface area contributed by atoms with Crippen LogP contribution in [0.2, 0.25) is 0 Å². The zero-order valence-electron chi connectivity index (χ0n) is 17.3. The molecule has 0 atom stereocenters. The highest BCUT2D eigenvalue weighted by Crippen LogP contribution is 2.27. The van der Waals surface area contributed by atoms with Gasteiger partial charge in [-0.25, -0.2) is 9.37 Å². The van der Waals surface area contributed by atoms with Crippen LogP contribution >= 0.6 is 11.3 Å². The van der Waals surface area contributed by atoms with Gasteiger partial charge in [0.25, 0.3) is 0 Å². The Bertz CT molecular complexity index is 807. The summed E-state index contributed by atoms with van der Waals surface area (Å²) in [6.07, 6.45) is 4.82. The summed E-state index contributed by atoms with van der Waals surface area (Å²) >= 11 is 1.83. The number of thiazole rings is 1. The first-order chi connectivity index (χ1) is 13.5. The molecule has 0 saturated carbocycles. The molecule has 1 aliphatic carbocycles. The van der Waals surface area contributed by atoms with Crippen molar-refractivity contribution in [2.75, 3.05) is 28.2 Å². The van der Waals surface area contributed by atoms with E-state index in [0.717, 1.165) is 29.5 Å². The SMILES string of the molecule is CN=C(NCc1ccc(F)c(CN(C)C)c1)N(C)Cc1nc2c(s1)CCCC2. The van der Waals surface area contributed by atoms with Crippen LogP contribution in [0, 0.1) is 5.82 Å². The number of aryl methyl sites for hydroxylation is 2. The average Bonchev–Trinajstić information content (AvgIpc) is 3.06. The van der Waals surface area contributed by atoms with Crippen LogP contribution in [0.4, 0.5) is 4.39 Å². The zero-order chi connectivity index (χ0) is 20.1. The second kappa shape index (κ2) is 9.47. The topological polar surface area (TPSA) is 43.8 Å². The monoisotopic (exact) mass is 403 g/mol. The maximum Gasteiger partial charge on any atom is 0.194 e. The van der Waals surface area contributed by atoms with E-state index in [-0.39, 0.29) is 5.82 Å². The molecule has 7 heteroatoms. The summed E-state index contributed by atoms with van der Waals surface area (Å²) in [7, 11) is 7.70. The maximum atomic E-state index is 14.0. The number of hydrogen-bond donors (Lipinski definition) is 1. The van der Waals surface area contributed by atoms with E-state index in [4.69, 9.17) is 4.98 Å². The van der Waals surface area contributed by atoms with Crippen LogP contribution in [0.1, 0.15) is 39.5 Å². The number of nitrogens with zero attached hydrogens (tertiary/aromatic N) is 4. The minimum atomic E-state index is -0.160. The fourth-order valence-electron chi connectivity index (χ4n) is 3.52. The molecule has 5 nitrogen and oxygen atoms in total. The van der Waals surface area contributed by atoms with Gasteiger partial charge in [0.15, 0.2) is 5.96 Å². The van der Waals surface area contributed by atoms with Crippen molar-refractivity contribution < 1.29 is 4.39 Å². The number of guanidine groups is 1. The van der Waals surface area contributed by atoms with Crippen LogP contribution in [0.5, 0.6) is 0 Å². The number of hydrogen-bond acceptors (Lipinski definition) is 4. The van der Waals surface area contributed by atoms with Crippen molar-refractivity contribution >= 4 is 17.3 Å². The molecule has 152 valence electrons. The molecule has 0 fully saturated rings. The molecule has 0 saturated heterocycles. The molecule has 1 aliphatic rings. The van der Waals surface area contributed by atoms with Gasteiger partial charge in [0.1, 0.15) is 10.8 Å². The molecule has 1 heterocycles.